The van der Waals surface area contributed by atoms with Crippen molar-refractivity contribution in [2.45, 2.75) is 205 Å². The highest BCUT2D eigenvalue weighted by molar-refractivity contribution is 5.73. The highest BCUT2D eigenvalue weighted by atomic mass is 16.8. The zero-order chi connectivity index (χ0) is 48.9. The first kappa shape index (κ1) is 55.5. The van der Waals surface area contributed by atoms with E-state index in [0.29, 0.717) is 19.4 Å². The van der Waals surface area contributed by atoms with E-state index < -0.39 is 108 Å². The number of hydrogen-bond acceptors (Lipinski definition) is 18. The zero-order valence-electron chi connectivity index (χ0n) is 42.7. The van der Waals surface area contributed by atoms with E-state index in [1.165, 1.54) is 14.0 Å². The molecule has 1 unspecified atom stereocenters. The SMILES string of the molecule is CC[C@H]1OC(=O)[C@H](C)[C@@H](O[C@H]2C[C@@](C)(OC)[C@@H](OC(C)=O)[C@H](C)O2)[C@H](C)[C@@H](O[C@@H]2O[C@H](C)C[C@H](N(C)C)[C@H]2OCCC(=O)OC)[C@](C)(O)C[C@@H](C)CN(C)[C@H](C)[C@H]2OC(N(C)C)O[C@@]21C. The molecule has 4 heterocycles. The lowest BCUT2D eigenvalue weighted by atomic mass is 9.77. The van der Waals surface area contributed by atoms with Gasteiger partial charge in [-0.3, -0.25) is 19.3 Å². The quantitative estimate of drug-likeness (QED) is 0.207. The van der Waals surface area contributed by atoms with Gasteiger partial charge in [0.15, 0.2) is 18.7 Å². The Morgan fingerprint density at radius 3 is 2.14 bits per heavy atom. The van der Waals surface area contributed by atoms with Crippen molar-refractivity contribution in [3.8, 4) is 0 Å². The van der Waals surface area contributed by atoms with Crippen LogP contribution in [-0.2, 0) is 66.5 Å². The molecule has 4 aliphatic heterocycles. The Hall–Kier alpha value is -2.07. The summed E-state index contributed by atoms with van der Waals surface area (Å²) >= 11 is 0. The number of esters is 3. The molecule has 65 heavy (non-hydrogen) atoms. The van der Waals surface area contributed by atoms with E-state index in [9.17, 15) is 19.5 Å². The first-order valence-corrected chi connectivity index (χ1v) is 23.5. The minimum atomic E-state index is -1.56. The third-order valence-electron chi connectivity index (χ3n) is 14.3. The fourth-order valence-electron chi connectivity index (χ4n) is 10.6. The first-order valence-electron chi connectivity index (χ1n) is 23.5. The number of carbonyl (C=O) groups excluding carboxylic acids is 3. The van der Waals surface area contributed by atoms with Crippen LogP contribution in [0.4, 0.5) is 0 Å². The van der Waals surface area contributed by atoms with Crippen LogP contribution in [0.15, 0.2) is 0 Å². The van der Waals surface area contributed by atoms with Crippen LogP contribution >= 0.6 is 0 Å². The van der Waals surface area contributed by atoms with Gasteiger partial charge < -0.3 is 67.0 Å². The molecule has 4 aliphatic rings. The molecule has 4 fully saturated rings. The van der Waals surface area contributed by atoms with Crippen LogP contribution in [0.1, 0.15) is 108 Å². The van der Waals surface area contributed by atoms with E-state index in [1.807, 2.05) is 79.7 Å². The van der Waals surface area contributed by atoms with Crippen molar-refractivity contribution in [1.82, 2.24) is 14.7 Å². The van der Waals surface area contributed by atoms with Gasteiger partial charge in [0, 0.05) is 45.0 Å². The summed E-state index contributed by atoms with van der Waals surface area (Å²) in [6, 6.07) is -0.384. The van der Waals surface area contributed by atoms with Crippen molar-refractivity contribution in [2.75, 3.05) is 62.6 Å². The molecule has 0 aromatic heterocycles. The second-order valence-electron chi connectivity index (χ2n) is 20.4. The standard InChI is InChI=1S/C47H85N3O15/c1-19-34-47(11)40(64-44(65-47)49(14)15)30(6)50(16)25-26(2)23-45(9,54)39(63-43-38(57-21-20-35(52)55-17)33(48(12)13)22-27(3)58-43)28(4)37(29(5)42(53)61-34)62-36-24-46(10,56-18)41(31(7)59-36)60-32(8)51/h26-31,33-34,36-41,43-44,54H,19-25H2,1-18H3/t26-,27-,28+,29-,30-,31+,33+,34-,36+,37+,38-,39-,40-,41+,43+,44?,45-,46-,47-/m1/s1. The average molecular weight is 932 g/mol. The van der Waals surface area contributed by atoms with Crippen LogP contribution in [0.2, 0.25) is 0 Å². The summed E-state index contributed by atoms with van der Waals surface area (Å²) in [5.74, 6) is -3.25. The van der Waals surface area contributed by atoms with Gasteiger partial charge in [-0.1, -0.05) is 20.8 Å². The van der Waals surface area contributed by atoms with Gasteiger partial charge >= 0.3 is 17.9 Å². The number of ether oxygens (including phenoxy) is 11. The number of aliphatic hydroxyl groups is 1. The number of nitrogens with zero attached hydrogens (tertiary/aromatic N) is 3. The summed E-state index contributed by atoms with van der Waals surface area (Å²) in [7, 11) is 12.6. The summed E-state index contributed by atoms with van der Waals surface area (Å²) in [5, 5.41) is 13.0. The Labute approximate surface area is 388 Å². The zero-order valence-corrected chi connectivity index (χ0v) is 42.7. The predicted octanol–water partition coefficient (Wildman–Crippen LogP) is 3.97. The molecule has 0 radical (unpaired) electrons. The lowest BCUT2D eigenvalue weighted by Crippen LogP contribution is -2.61. The van der Waals surface area contributed by atoms with Crippen molar-refractivity contribution in [3.63, 3.8) is 0 Å². The summed E-state index contributed by atoms with van der Waals surface area (Å²) in [4.78, 5) is 45.5. The molecule has 19 atom stereocenters. The molecule has 0 aromatic rings. The number of rotatable bonds is 13. The smallest absolute Gasteiger partial charge is 0.311 e. The minimum Gasteiger partial charge on any atom is -0.469 e. The molecule has 4 saturated heterocycles. The highest BCUT2D eigenvalue weighted by Gasteiger charge is 2.58. The normalized spacial score (nSPS) is 43.9. The Morgan fingerprint density at radius 1 is 0.908 bits per heavy atom. The van der Waals surface area contributed by atoms with Crippen LogP contribution < -0.4 is 0 Å². The van der Waals surface area contributed by atoms with E-state index in [2.05, 4.69) is 18.7 Å². The number of likely N-dealkylation sites (N-methyl/N-ethyl adjacent to an activating group) is 2. The summed E-state index contributed by atoms with van der Waals surface area (Å²) < 4.78 is 70.1. The second kappa shape index (κ2) is 23.0. The number of hydrogen-bond donors (Lipinski definition) is 1. The fourth-order valence-corrected chi connectivity index (χ4v) is 10.6. The lowest BCUT2D eigenvalue weighted by Gasteiger charge is -2.49. The van der Waals surface area contributed by atoms with E-state index in [4.69, 9.17) is 52.1 Å². The number of carbonyl (C=O) groups is 3. The number of fused-ring (bicyclic) bond motifs is 1. The van der Waals surface area contributed by atoms with Crippen molar-refractivity contribution in [2.24, 2.45) is 17.8 Å². The molecule has 4 rings (SSSR count). The predicted molar refractivity (Wildman–Crippen MR) is 239 cm³/mol. The fraction of sp³-hybridized carbons (Fsp3) is 0.936. The molecular formula is C47H85N3O15. The van der Waals surface area contributed by atoms with Gasteiger partial charge in [-0.25, -0.2) is 0 Å². The first-order chi connectivity index (χ1) is 30.2. The van der Waals surface area contributed by atoms with Crippen LogP contribution in [0.25, 0.3) is 0 Å². The maximum atomic E-state index is 14.9. The molecule has 0 saturated carbocycles. The molecule has 18 heteroatoms. The molecule has 0 aromatic carbocycles. The molecule has 0 amide bonds. The van der Waals surface area contributed by atoms with Crippen LogP contribution in [0.3, 0.4) is 0 Å². The number of cyclic esters (lactones) is 1. The highest BCUT2D eigenvalue weighted by Crippen LogP contribution is 2.43. The van der Waals surface area contributed by atoms with Gasteiger partial charge in [0.25, 0.3) is 0 Å². The molecule has 1 N–H and O–H groups in total. The summed E-state index contributed by atoms with van der Waals surface area (Å²) in [6.07, 6.45) is -6.81. The Morgan fingerprint density at radius 2 is 1.57 bits per heavy atom. The van der Waals surface area contributed by atoms with Crippen LogP contribution in [0, 0.1) is 17.8 Å². The average Bonchev–Trinajstić information content (AvgIpc) is 3.59. The van der Waals surface area contributed by atoms with Crippen LogP contribution in [-0.4, -0.2) is 197 Å². The van der Waals surface area contributed by atoms with Gasteiger partial charge in [0.1, 0.15) is 29.5 Å². The van der Waals surface area contributed by atoms with Crippen molar-refractivity contribution in [1.29, 1.82) is 0 Å². The molecular weight excluding hydrogens is 847 g/mol. The van der Waals surface area contributed by atoms with Gasteiger partial charge in [0.2, 0.25) is 6.41 Å². The molecule has 0 aliphatic carbocycles. The van der Waals surface area contributed by atoms with Gasteiger partial charge in [-0.2, -0.15) is 0 Å². The molecule has 378 valence electrons. The summed E-state index contributed by atoms with van der Waals surface area (Å²) in [6.45, 7) is 21.0. The molecule has 0 bridgehead atoms. The molecule has 0 spiro atoms. The van der Waals surface area contributed by atoms with Crippen LogP contribution in [0.5, 0.6) is 0 Å². The van der Waals surface area contributed by atoms with Crippen molar-refractivity contribution < 1.29 is 71.6 Å². The Balaban J connectivity index is 1.87. The van der Waals surface area contributed by atoms with Gasteiger partial charge in [-0.15, -0.1) is 0 Å². The molecule has 18 nitrogen and oxygen atoms in total. The van der Waals surface area contributed by atoms with Gasteiger partial charge in [-0.05, 0) is 109 Å². The third kappa shape index (κ3) is 13.2. The third-order valence-corrected chi connectivity index (χ3v) is 14.3. The van der Waals surface area contributed by atoms with E-state index >= 15 is 0 Å². The lowest BCUT2D eigenvalue weighted by molar-refractivity contribution is -0.321. The topological polar surface area (TPSA) is 183 Å². The second-order valence-corrected chi connectivity index (χ2v) is 20.4. The monoisotopic (exact) mass is 932 g/mol. The number of methoxy groups -OCH3 is 2. The van der Waals surface area contributed by atoms with E-state index in [0.717, 1.165) is 0 Å². The maximum Gasteiger partial charge on any atom is 0.311 e. The Bertz CT molecular complexity index is 1560. The largest absolute Gasteiger partial charge is 0.469 e. The minimum absolute atomic E-state index is 0.0228. The van der Waals surface area contributed by atoms with Crippen molar-refractivity contribution in [3.05, 3.63) is 0 Å². The van der Waals surface area contributed by atoms with Gasteiger partial charge in [0.05, 0.1) is 56.1 Å². The maximum absolute atomic E-state index is 14.9. The van der Waals surface area contributed by atoms with Crippen molar-refractivity contribution >= 4 is 17.9 Å². The van der Waals surface area contributed by atoms with E-state index in [1.54, 1.807) is 27.9 Å². The summed E-state index contributed by atoms with van der Waals surface area (Å²) in [5.41, 5.74) is -3.64. The Kier molecular flexibility index (Phi) is 19.7. The van der Waals surface area contributed by atoms with E-state index in [-0.39, 0.29) is 50.0 Å².